The van der Waals surface area contributed by atoms with E-state index in [-0.39, 0.29) is 28.1 Å². The molecular weight excluding hydrogens is 435 g/mol. The number of amides is 1. The van der Waals surface area contributed by atoms with Gasteiger partial charge in [0, 0.05) is 16.8 Å². The molecule has 0 fully saturated rings. The first-order valence-corrected chi connectivity index (χ1v) is 8.92. The van der Waals surface area contributed by atoms with Gasteiger partial charge < -0.3 is 5.32 Å². The number of aromatic nitrogens is 4. The van der Waals surface area contributed by atoms with E-state index in [4.69, 9.17) is 22.1 Å². The number of nitrogens with zero attached hydrogens (tertiary/aromatic N) is 6. The number of hydrogen-bond donors (Lipinski definition) is 1. The van der Waals surface area contributed by atoms with Crippen molar-refractivity contribution < 1.29 is 18.0 Å². The van der Waals surface area contributed by atoms with Crippen LogP contribution in [0.4, 0.5) is 13.2 Å². The van der Waals surface area contributed by atoms with Crippen molar-refractivity contribution in [2.45, 2.75) is 19.1 Å². The third kappa shape index (κ3) is 4.79. The average molecular weight is 446 g/mol. The zero-order chi connectivity index (χ0) is 22.8. The largest absolute Gasteiger partial charge is 0.416 e. The molecule has 0 aliphatic carbocycles. The lowest BCUT2D eigenvalue weighted by Crippen LogP contribution is -2.29. The lowest BCUT2D eigenvalue weighted by molar-refractivity contribution is -0.137. The Morgan fingerprint density at radius 2 is 1.97 bits per heavy atom. The van der Waals surface area contributed by atoms with E-state index >= 15 is 0 Å². The second-order valence-electron chi connectivity index (χ2n) is 6.26. The number of alkyl halides is 3. The van der Waals surface area contributed by atoms with Gasteiger partial charge in [0.25, 0.3) is 11.7 Å². The van der Waals surface area contributed by atoms with Crippen molar-refractivity contribution in [3.8, 4) is 18.0 Å². The van der Waals surface area contributed by atoms with Crippen molar-refractivity contribution in [1.29, 1.82) is 10.5 Å². The predicted molar refractivity (Wildman–Crippen MR) is 101 cm³/mol. The fourth-order valence-electron chi connectivity index (χ4n) is 2.63. The third-order valence-electron chi connectivity index (χ3n) is 4.05. The Morgan fingerprint density at radius 3 is 2.55 bits per heavy atom. The van der Waals surface area contributed by atoms with Gasteiger partial charge in [-0.05, 0) is 37.3 Å². The number of halogens is 4. The van der Waals surface area contributed by atoms with E-state index in [2.05, 4.69) is 20.4 Å². The minimum Gasteiger partial charge on any atom is -0.342 e. The molecule has 0 aliphatic rings. The van der Waals surface area contributed by atoms with Crippen molar-refractivity contribution in [1.82, 2.24) is 25.1 Å². The second kappa shape index (κ2) is 8.42. The van der Waals surface area contributed by atoms with Crippen LogP contribution in [0.2, 0.25) is 5.02 Å². The van der Waals surface area contributed by atoms with Crippen molar-refractivity contribution >= 4 is 17.5 Å². The molecule has 2 heterocycles. The van der Waals surface area contributed by atoms with Crippen molar-refractivity contribution in [2.24, 2.45) is 0 Å². The maximum Gasteiger partial charge on any atom is 0.416 e. The molecule has 0 bridgehead atoms. The van der Waals surface area contributed by atoms with Crippen LogP contribution in [0.15, 0.2) is 36.5 Å². The van der Waals surface area contributed by atoms with E-state index in [0.717, 1.165) is 6.07 Å². The van der Waals surface area contributed by atoms with Gasteiger partial charge in [-0.2, -0.15) is 28.4 Å². The summed E-state index contributed by atoms with van der Waals surface area (Å²) >= 11 is 5.73. The van der Waals surface area contributed by atoms with E-state index in [0.29, 0.717) is 17.7 Å². The van der Waals surface area contributed by atoms with Crippen LogP contribution in [0, 0.1) is 22.7 Å². The SMILES string of the molecule is CC(NC(=O)c1cc(Cl)cc(C(F)(F)F)c1)c1nc(C#N)nn1-c1ccc(C#N)cn1. The highest BCUT2D eigenvalue weighted by molar-refractivity contribution is 6.31. The van der Waals surface area contributed by atoms with Gasteiger partial charge in [-0.25, -0.2) is 9.97 Å². The standard InChI is InChI=1S/C19H11ClF3N7O/c1-10(27-18(31)12-4-13(19(21,22)23)6-14(20)5-12)17-28-15(8-25)29-30(17)16-3-2-11(7-24)9-26-16/h2-6,9-10H,1H3,(H,27,31). The van der Waals surface area contributed by atoms with Crippen LogP contribution in [0.1, 0.15) is 46.1 Å². The number of carbonyl (C=O) groups excluding carboxylic acids is 1. The Hall–Kier alpha value is -3.96. The van der Waals surface area contributed by atoms with Gasteiger partial charge in [0.05, 0.1) is 17.2 Å². The zero-order valence-electron chi connectivity index (χ0n) is 15.6. The van der Waals surface area contributed by atoms with Crippen LogP contribution in [0.5, 0.6) is 0 Å². The molecule has 0 saturated carbocycles. The van der Waals surface area contributed by atoms with Crippen molar-refractivity contribution in [3.05, 3.63) is 69.9 Å². The molecule has 0 spiro atoms. The Balaban J connectivity index is 1.92. The Morgan fingerprint density at radius 1 is 1.23 bits per heavy atom. The maximum absolute atomic E-state index is 13.0. The zero-order valence-corrected chi connectivity index (χ0v) is 16.4. The summed E-state index contributed by atoms with van der Waals surface area (Å²) in [6.45, 7) is 1.51. The van der Waals surface area contributed by atoms with Crippen LogP contribution in [0.3, 0.4) is 0 Å². The summed E-state index contributed by atoms with van der Waals surface area (Å²) in [6, 6.07) is 8.27. The number of carbonyl (C=O) groups is 1. The number of hydrogen-bond acceptors (Lipinski definition) is 6. The minimum atomic E-state index is -4.67. The Labute approximate surface area is 178 Å². The van der Waals surface area contributed by atoms with E-state index < -0.39 is 23.7 Å². The molecule has 1 aromatic carbocycles. The Kier molecular flexibility index (Phi) is 5.90. The molecule has 0 radical (unpaired) electrons. The predicted octanol–water partition coefficient (Wildman–Crippen LogP) is 3.57. The molecule has 1 unspecified atom stereocenters. The van der Waals surface area contributed by atoms with Gasteiger partial charge in [0.15, 0.2) is 11.6 Å². The lowest BCUT2D eigenvalue weighted by atomic mass is 10.1. The van der Waals surface area contributed by atoms with Crippen LogP contribution < -0.4 is 5.32 Å². The van der Waals surface area contributed by atoms with Gasteiger partial charge in [-0.15, -0.1) is 5.10 Å². The van der Waals surface area contributed by atoms with Crippen molar-refractivity contribution in [3.63, 3.8) is 0 Å². The molecule has 1 N–H and O–H groups in total. The normalized spacial score (nSPS) is 12.0. The van der Waals surface area contributed by atoms with Gasteiger partial charge in [0.1, 0.15) is 12.1 Å². The van der Waals surface area contributed by atoms with Crippen LogP contribution >= 0.6 is 11.6 Å². The molecule has 12 heteroatoms. The van der Waals surface area contributed by atoms with E-state index in [1.165, 1.54) is 29.9 Å². The monoisotopic (exact) mass is 445 g/mol. The molecule has 156 valence electrons. The summed E-state index contributed by atoms with van der Waals surface area (Å²) in [5.41, 5.74) is -1.06. The van der Waals surface area contributed by atoms with Crippen LogP contribution in [0.25, 0.3) is 5.82 Å². The molecule has 0 saturated heterocycles. The van der Waals surface area contributed by atoms with Gasteiger partial charge in [0.2, 0.25) is 0 Å². The first-order valence-electron chi connectivity index (χ1n) is 8.54. The van der Waals surface area contributed by atoms with Crippen LogP contribution in [-0.2, 0) is 6.18 Å². The highest BCUT2D eigenvalue weighted by Crippen LogP contribution is 2.32. The molecule has 1 atom stereocenters. The molecule has 2 aromatic heterocycles. The average Bonchev–Trinajstić information content (AvgIpc) is 3.17. The molecule has 31 heavy (non-hydrogen) atoms. The van der Waals surface area contributed by atoms with Gasteiger partial charge in [-0.3, -0.25) is 4.79 Å². The van der Waals surface area contributed by atoms with Crippen LogP contribution in [-0.4, -0.2) is 25.7 Å². The first-order chi connectivity index (χ1) is 14.6. The number of benzene rings is 1. The highest BCUT2D eigenvalue weighted by Gasteiger charge is 2.32. The summed E-state index contributed by atoms with van der Waals surface area (Å²) in [4.78, 5) is 20.7. The van der Waals surface area contributed by atoms with E-state index in [1.54, 1.807) is 6.07 Å². The summed E-state index contributed by atoms with van der Waals surface area (Å²) in [5.74, 6) is -0.697. The molecular formula is C19H11ClF3N7O. The number of nitriles is 2. The number of pyridine rings is 1. The first kappa shape index (κ1) is 21.7. The molecule has 8 nitrogen and oxygen atoms in total. The summed E-state index contributed by atoms with van der Waals surface area (Å²) in [5, 5.41) is 24.3. The van der Waals surface area contributed by atoms with E-state index in [1.807, 2.05) is 6.07 Å². The Bertz CT molecular complexity index is 1220. The molecule has 1 amide bonds. The molecule has 3 aromatic rings. The summed E-state index contributed by atoms with van der Waals surface area (Å²) in [6.07, 6.45) is -3.38. The topological polar surface area (TPSA) is 120 Å². The fraction of sp³-hybridized carbons (Fsp3) is 0.158. The van der Waals surface area contributed by atoms with E-state index in [9.17, 15) is 18.0 Å². The van der Waals surface area contributed by atoms with Gasteiger partial charge >= 0.3 is 6.18 Å². The minimum absolute atomic E-state index is 0.111. The lowest BCUT2D eigenvalue weighted by Gasteiger charge is -2.15. The second-order valence-corrected chi connectivity index (χ2v) is 6.69. The van der Waals surface area contributed by atoms with Gasteiger partial charge in [-0.1, -0.05) is 11.6 Å². The fourth-order valence-corrected chi connectivity index (χ4v) is 2.86. The smallest absolute Gasteiger partial charge is 0.342 e. The number of nitrogens with one attached hydrogen (secondary N) is 1. The van der Waals surface area contributed by atoms with Crippen molar-refractivity contribution in [2.75, 3.05) is 0 Å². The number of rotatable bonds is 4. The maximum atomic E-state index is 13.0. The molecule has 0 aliphatic heterocycles. The highest BCUT2D eigenvalue weighted by atomic mass is 35.5. The third-order valence-corrected chi connectivity index (χ3v) is 4.27. The summed E-state index contributed by atoms with van der Waals surface area (Å²) < 4.78 is 40.2. The quantitative estimate of drug-likeness (QED) is 0.655. The molecule has 3 rings (SSSR count). The summed E-state index contributed by atoms with van der Waals surface area (Å²) in [7, 11) is 0.